The predicted molar refractivity (Wildman–Crippen MR) is 74.1 cm³/mol. The van der Waals surface area contributed by atoms with Gasteiger partial charge in [-0.1, -0.05) is 0 Å². The van der Waals surface area contributed by atoms with Crippen LogP contribution in [0.25, 0.3) is 0 Å². The molecule has 3 N–H and O–H groups in total. The number of anilines is 1. The third-order valence-electron chi connectivity index (χ3n) is 3.78. The highest BCUT2D eigenvalue weighted by molar-refractivity contribution is 7.89. The first-order valence-corrected chi connectivity index (χ1v) is 7.97. The van der Waals surface area contributed by atoms with Crippen LogP contribution in [0.1, 0.15) is 18.4 Å². The van der Waals surface area contributed by atoms with Crippen molar-refractivity contribution < 1.29 is 17.9 Å². The zero-order chi connectivity index (χ0) is 14.9. The largest absolute Gasteiger partial charge is 0.398 e. The quantitative estimate of drug-likeness (QED) is 0.816. The zero-order valence-electron chi connectivity index (χ0n) is 11.3. The van der Waals surface area contributed by atoms with Crippen LogP contribution in [-0.2, 0) is 10.0 Å². The lowest BCUT2D eigenvalue weighted by Gasteiger charge is -2.17. The van der Waals surface area contributed by atoms with Crippen molar-refractivity contribution in [3.05, 3.63) is 23.5 Å². The summed E-state index contributed by atoms with van der Waals surface area (Å²) < 4.78 is 39.9. The molecule has 7 heteroatoms. The summed E-state index contributed by atoms with van der Waals surface area (Å²) in [5.74, 6) is -0.461. The molecular weight excluding hydrogens is 283 g/mol. The molecular formula is C13H19FN2O3S. The number of hydrogen-bond donors (Lipinski definition) is 2. The van der Waals surface area contributed by atoms with Crippen molar-refractivity contribution in [2.45, 2.75) is 24.7 Å². The lowest BCUT2D eigenvalue weighted by atomic mass is 10.1. The number of hydrogen-bond acceptors (Lipinski definition) is 4. The highest BCUT2D eigenvalue weighted by atomic mass is 32.2. The van der Waals surface area contributed by atoms with Crippen LogP contribution in [0, 0.1) is 18.7 Å². The average Bonchev–Trinajstić information content (AvgIpc) is 2.85. The molecule has 1 heterocycles. The number of rotatable bonds is 4. The van der Waals surface area contributed by atoms with Gasteiger partial charge in [0.15, 0.2) is 0 Å². The fourth-order valence-corrected chi connectivity index (χ4v) is 3.99. The van der Waals surface area contributed by atoms with Crippen molar-refractivity contribution in [1.82, 2.24) is 4.31 Å². The van der Waals surface area contributed by atoms with Gasteiger partial charge in [0.05, 0.1) is 4.90 Å². The minimum atomic E-state index is -3.72. The van der Waals surface area contributed by atoms with Gasteiger partial charge in [-0.25, -0.2) is 12.8 Å². The molecule has 5 nitrogen and oxygen atoms in total. The molecule has 1 saturated heterocycles. The first-order chi connectivity index (χ1) is 9.36. The molecule has 0 amide bonds. The van der Waals surface area contributed by atoms with E-state index >= 15 is 0 Å². The maximum Gasteiger partial charge on any atom is 0.243 e. The van der Waals surface area contributed by atoms with Gasteiger partial charge in [-0.15, -0.1) is 0 Å². The average molecular weight is 302 g/mol. The molecule has 1 unspecified atom stereocenters. The van der Waals surface area contributed by atoms with Crippen LogP contribution in [-0.4, -0.2) is 37.5 Å². The Labute approximate surface area is 118 Å². The Balaban J connectivity index is 2.28. The number of sulfonamides is 1. The molecule has 0 spiro atoms. The summed E-state index contributed by atoms with van der Waals surface area (Å²) in [5.41, 5.74) is 6.02. The summed E-state index contributed by atoms with van der Waals surface area (Å²) in [4.78, 5) is -0.109. The monoisotopic (exact) mass is 302 g/mol. The fourth-order valence-electron chi connectivity index (χ4n) is 2.41. The molecule has 1 fully saturated rings. The van der Waals surface area contributed by atoms with Gasteiger partial charge in [-0.2, -0.15) is 4.31 Å². The Hall–Kier alpha value is -1.18. The minimum Gasteiger partial charge on any atom is -0.398 e. The fraction of sp³-hybridized carbons (Fsp3) is 0.538. The van der Waals surface area contributed by atoms with Crippen LogP contribution < -0.4 is 5.73 Å². The normalized spacial score (nSPS) is 20.4. The van der Waals surface area contributed by atoms with E-state index < -0.39 is 15.8 Å². The van der Waals surface area contributed by atoms with Crippen molar-refractivity contribution in [1.29, 1.82) is 0 Å². The number of nitrogens with two attached hydrogens (primary N) is 1. The maximum absolute atomic E-state index is 13.7. The van der Waals surface area contributed by atoms with Gasteiger partial charge in [0, 0.05) is 30.9 Å². The molecule has 112 valence electrons. The van der Waals surface area contributed by atoms with E-state index in [4.69, 9.17) is 10.8 Å². The molecule has 0 saturated carbocycles. The van der Waals surface area contributed by atoms with Crippen molar-refractivity contribution in [3.8, 4) is 0 Å². The van der Waals surface area contributed by atoms with Crippen LogP contribution >= 0.6 is 0 Å². The van der Waals surface area contributed by atoms with Crippen LogP contribution in [0.3, 0.4) is 0 Å². The van der Waals surface area contributed by atoms with E-state index in [1.807, 2.05) is 0 Å². The van der Waals surface area contributed by atoms with Gasteiger partial charge >= 0.3 is 0 Å². The number of nitrogens with zero attached hydrogens (tertiary/aromatic N) is 1. The Kier molecular flexibility index (Phi) is 4.31. The van der Waals surface area contributed by atoms with Crippen LogP contribution in [0.5, 0.6) is 0 Å². The minimum absolute atomic E-state index is 0.0463. The van der Waals surface area contributed by atoms with E-state index in [-0.39, 0.29) is 28.7 Å². The molecule has 0 aliphatic carbocycles. The SMILES string of the molecule is Cc1c(N)cc(S(=O)(=O)N2CCC(CCO)C2)cc1F. The molecule has 2 rings (SSSR count). The number of halogens is 1. The van der Waals surface area contributed by atoms with Gasteiger partial charge in [0.25, 0.3) is 0 Å². The summed E-state index contributed by atoms with van der Waals surface area (Å²) in [5, 5.41) is 8.90. The van der Waals surface area contributed by atoms with Gasteiger partial charge < -0.3 is 10.8 Å². The van der Waals surface area contributed by atoms with Gasteiger partial charge in [0.2, 0.25) is 10.0 Å². The van der Waals surface area contributed by atoms with E-state index in [1.54, 1.807) is 0 Å². The molecule has 1 aliphatic heterocycles. The Morgan fingerprint density at radius 3 is 2.80 bits per heavy atom. The van der Waals surface area contributed by atoms with Gasteiger partial charge in [-0.3, -0.25) is 0 Å². The Bertz CT molecular complexity index is 581. The molecule has 1 aromatic carbocycles. The molecule has 0 radical (unpaired) electrons. The zero-order valence-corrected chi connectivity index (χ0v) is 12.2. The first-order valence-electron chi connectivity index (χ1n) is 6.53. The first kappa shape index (κ1) is 15.2. The van der Waals surface area contributed by atoms with Crippen molar-refractivity contribution in [2.24, 2.45) is 5.92 Å². The van der Waals surface area contributed by atoms with E-state index in [0.717, 1.165) is 6.07 Å². The van der Waals surface area contributed by atoms with Crippen molar-refractivity contribution >= 4 is 15.7 Å². The highest BCUT2D eigenvalue weighted by Gasteiger charge is 2.32. The summed E-state index contributed by atoms with van der Waals surface area (Å²) in [6.45, 7) is 2.31. The molecule has 1 aliphatic rings. The molecule has 0 bridgehead atoms. The summed E-state index contributed by atoms with van der Waals surface area (Å²) in [6, 6.07) is 2.31. The summed E-state index contributed by atoms with van der Waals surface area (Å²) >= 11 is 0. The predicted octanol–water partition coefficient (Wildman–Crippen LogP) is 1.11. The molecule has 0 aromatic heterocycles. The second-order valence-corrected chi connectivity index (χ2v) is 7.09. The van der Waals surface area contributed by atoms with Crippen molar-refractivity contribution in [3.63, 3.8) is 0 Å². The lowest BCUT2D eigenvalue weighted by Crippen LogP contribution is -2.29. The van der Waals surface area contributed by atoms with Crippen LogP contribution in [0.4, 0.5) is 10.1 Å². The van der Waals surface area contributed by atoms with Gasteiger partial charge in [0.1, 0.15) is 5.82 Å². The van der Waals surface area contributed by atoms with E-state index in [2.05, 4.69) is 0 Å². The Morgan fingerprint density at radius 1 is 1.50 bits per heavy atom. The standard InChI is InChI=1S/C13H19FN2O3S/c1-9-12(14)6-11(7-13(9)15)20(18,19)16-4-2-10(8-16)3-5-17/h6-7,10,17H,2-5,8,15H2,1H3. The second-order valence-electron chi connectivity index (χ2n) is 5.15. The second kappa shape index (κ2) is 5.67. The smallest absolute Gasteiger partial charge is 0.243 e. The van der Waals surface area contributed by atoms with Crippen LogP contribution in [0.15, 0.2) is 17.0 Å². The molecule has 1 atom stereocenters. The van der Waals surface area contributed by atoms with Gasteiger partial charge in [-0.05, 0) is 37.8 Å². The maximum atomic E-state index is 13.7. The van der Waals surface area contributed by atoms with E-state index in [0.29, 0.717) is 25.9 Å². The number of nitrogen functional groups attached to an aromatic ring is 1. The summed E-state index contributed by atoms with van der Waals surface area (Å²) in [7, 11) is -3.72. The third-order valence-corrected chi connectivity index (χ3v) is 5.62. The van der Waals surface area contributed by atoms with E-state index in [1.165, 1.54) is 17.3 Å². The summed E-state index contributed by atoms with van der Waals surface area (Å²) in [6.07, 6.45) is 1.29. The lowest BCUT2D eigenvalue weighted by molar-refractivity contribution is 0.259. The third kappa shape index (κ3) is 2.79. The number of aliphatic hydroxyl groups is 1. The number of aliphatic hydroxyl groups excluding tert-OH is 1. The Morgan fingerprint density at radius 2 is 2.20 bits per heavy atom. The van der Waals surface area contributed by atoms with Crippen molar-refractivity contribution in [2.75, 3.05) is 25.4 Å². The van der Waals surface area contributed by atoms with Crippen LogP contribution in [0.2, 0.25) is 0 Å². The van der Waals surface area contributed by atoms with E-state index in [9.17, 15) is 12.8 Å². The topological polar surface area (TPSA) is 83.6 Å². The highest BCUT2D eigenvalue weighted by Crippen LogP contribution is 2.28. The molecule has 1 aromatic rings. The number of benzene rings is 1. The molecule has 20 heavy (non-hydrogen) atoms.